The van der Waals surface area contributed by atoms with Crippen molar-refractivity contribution in [2.24, 2.45) is 5.73 Å². The summed E-state index contributed by atoms with van der Waals surface area (Å²) in [6.45, 7) is 0. The van der Waals surface area contributed by atoms with Gasteiger partial charge in [0.05, 0.1) is 5.70 Å². The lowest BCUT2D eigenvalue weighted by molar-refractivity contribution is -0.111. The summed E-state index contributed by atoms with van der Waals surface area (Å²) in [5.74, 6) is -0.0660. The second-order valence-electron chi connectivity index (χ2n) is 3.68. The lowest BCUT2D eigenvalue weighted by Gasteiger charge is -2.10. The number of carbonyl (C=O) groups is 1. The van der Waals surface area contributed by atoms with E-state index in [0.717, 1.165) is 22.3 Å². The summed E-state index contributed by atoms with van der Waals surface area (Å²) >= 11 is 0. The topological polar surface area (TPSA) is 43.1 Å². The Hall–Kier alpha value is -2.09. The first kappa shape index (κ1) is 8.24. The Kier molecular flexibility index (Phi) is 1.48. The highest BCUT2D eigenvalue weighted by Gasteiger charge is 2.26. The Morgan fingerprint density at radius 1 is 1.00 bits per heavy atom. The summed E-state index contributed by atoms with van der Waals surface area (Å²) in [5, 5.41) is 0. The molecule has 2 aliphatic carbocycles. The van der Waals surface area contributed by atoms with Gasteiger partial charge in [-0.05, 0) is 28.9 Å². The Labute approximate surface area is 87.4 Å². The second kappa shape index (κ2) is 2.70. The molecule has 0 saturated heterocycles. The van der Waals surface area contributed by atoms with E-state index < -0.39 is 0 Å². The molecule has 15 heavy (non-hydrogen) atoms. The van der Waals surface area contributed by atoms with Crippen LogP contribution in [-0.4, -0.2) is 5.78 Å². The van der Waals surface area contributed by atoms with Crippen LogP contribution >= 0.6 is 0 Å². The normalized spacial score (nSPS) is 17.6. The third-order valence-electron chi connectivity index (χ3n) is 2.78. The van der Waals surface area contributed by atoms with E-state index >= 15 is 0 Å². The number of benzene rings is 1. The minimum atomic E-state index is -0.0660. The number of Topliss-reactive ketones (excluding diaryl/α,β-unsaturated/α-hetero) is 1. The van der Waals surface area contributed by atoms with Crippen molar-refractivity contribution in [1.82, 2.24) is 0 Å². The van der Waals surface area contributed by atoms with Crippen molar-refractivity contribution in [3.63, 3.8) is 0 Å². The molecule has 72 valence electrons. The molecule has 0 atom stereocenters. The molecule has 0 saturated carbocycles. The first-order valence-corrected chi connectivity index (χ1v) is 4.81. The predicted octanol–water partition coefficient (Wildman–Crippen LogP) is 1.89. The van der Waals surface area contributed by atoms with Crippen LogP contribution in [0.15, 0.2) is 47.7 Å². The van der Waals surface area contributed by atoms with Crippen molar-refractivity contribution in [2.45, 2.75) is 0 Å². The molecular formula is C13H9NO. The summed E-state index contributed by atoms with van der Waals surface area (Å²) in [4.78, 5) is 11.8. The Balaban J connectivity index is 2.26. The quantitative estimate of drug-likeness (QED) is 0.687. The first-order chi connectivity index (χ1) is 7.27. The molecule has 0 heterocycles. The van der Waals surface area contributed by atoms with Crippen molar-refractivity contribution in [3.8, 4) is 0 Å². The van der Waals surface area contributed by atoms with Gasteiger partial charge in [0, 0.05) is 5.57 Å². The van der Waals surface area contributed by atoms with E-state index in [0.29, 0.717) is 5.70 Å². The molecule has 0 unspecified atom stereocenters. The van der Waals surface area contributed by atoms with Crippen LogP contribution < -0.4 is 5.73 Å². The number of hydrogen-bond donors (Lipinski definition) is 1. The molecule has 2 aliphatic rings. The summed E-state index contributed by atoms with van der Waals surface area (Å²) in [6.07, 6.45) is 5.49. The van der Waals surface area contributed by atoms with Gasteiger partial charge in [0.1, 0.15) is 0 Å². The van der Waals surface area contributed by atoms with E-state index in [4.69, 9.17) is 5.73 Å². The molecule has 2 heteroatoms. The van der Waals surface area contributed by atoms with Gasteiger partial charge < -0.3 is 5.73 Å². The van der Waals surface area contributed by atoms with Crippen LogP contribution in [0.2, 0.25) is 0 Å². The molecule has 0 bridgehead atoms. The number of carbonyl (C=O) groups excluding carboxylic acids is 1. The van der Waals surface area contributed by atoms with Gasteiger partial charge in [0.25, 0.3) is 0 Å². The van der Waals surface area contributed by atoms with Crippen LogP contribution in [0.5, 0.6) is 0 Å². The summed E-state index contributed by atoms with van der Waals surface area (Å²) in [5.41, 5.74) is 9.83. The largest absolute Gasteiger partial charge is 0.396 e. The highest BCUT2D eigenvalue weighted by molar-refractivity contribution is 6.25. The predicted molar refractivity (Wildman–Crippen MR) is 59.7 cm³/mol. The van der Waals surface area contributed by atoms with E-state index in [1.165, 1.54) is 0 Å². The average Bonchev–Trinajstić information content (AvgIpc) is 2.63. The van der Waals surface area contributed by atoms with Gasteiger partial charge in [0.15, 0.2) is 0 Å². The third-order valence-corrected chi connectivity index (χ3v) is 2.78. The van der Waals surface area contributed by atoms with Gasteiger partial charge in [-0.1, -0.05) is 30.3 Å². The van der Waals surface area contributed by atoms with E-state index in [9.17, 15) is 4.79 Å². The Bertz CT molecular complexity index is 562. The van der Waals surface area contributed by atoms with Crippen molar-refractivity contribution in [1.29, 1.82) is 0 Å². The molecular weight excluding hydrogens is 186 g/mol. The standard InChI is InChI=1S/C13H9NO/c14-12-6-5-10-9-4-2-1-3-8(9)7-11(10)13(12)15/h1-7H,14H2. The highest BCUT2D eigenvalue weighted by atomic mass is 16.1. The zero-order chi connectivity index (χ0) is 10.4. The molecule has 3 rings (SSSR count). The average molecular weight is 195 g/mol. The van der Waals surface area contributed by atoms with Crippen LogP contribution in [0, 0.1) is 0 Å². The van der Waals surface area contributed by atoms with Crippen LogP contribution in [-0.2, 0) is 4.79 Å². The molecule has 1 aromatic rings. The molecule has 2 nitrogen and oxygen atoms in total. The minimum Gasteiger partial charge on any atom is -0.396 e. The first-order valence-electron chi connectivity index (χ1n) is 4.81. The highest BCUT2D eigenvalue weighted by Crippen LogP contribution is 2.38. The molecule has 0 aromatic heterocycles. The molecule has 0 amide bonds. The fourth-order valence-electron chi connectivity index (χ4n) is 2.02. The van der Waals surface area contributed by atoms with Gasteiger partial charge in [-0.3, -0.25) is 4.79 Å². The lowest BCUT2D eigenvalue weighted by Crippen LogP contribution is -2.15. The van der Waals surface area contributed by atoms with Crippen LogP contribution in [0.1, 0.15) is 11.1 Å². The molecule has 2 N–H and O–H groups in total. The molecule has 0 spiro atoms. The summed E-state index contributed by atoms with van der Waals surface area (Å²) < 4.78 is 0. The van der Waals surface area contributed by atoms with E-state index in [-0.39, 0.29) is 5.78 Å². The van der Waals surface area contributed by atoms with Crippen molar-refractivity contribution in [2.75, 3.05) is 0 Å². The maximum Gasteiger partial charge on any atom is 0.209 e. The SMILES string of the molecule is NC1=CC=C2C(=Cc3ccccc32)C1=O. The van der Waals surface area contributed by atoms with Crippen LogP contribution in [0.4, 0.5) is 0 Å². The van der Waals surface area contributed by atoms with Crippen molar-refractivity contribution >= 4 is 17.4 Å². The molecule has 0 aliphatic heterocycles. The fraction of sp³-hybridized carbons (Fsp3) is 0. The van der Waals surface area contributed by atoms with Gasteiger partial charge in [0.2, 0.25) is 5.78 Å². The zero-order valence-electron chi connectivity index (χ0n) is 8.03. The summed E-state index contributed by atoms with van der Waals surface area (Å²) in [7, 11) is 0. The lowest BCUT2D eigenvalue weighted by atomic mass is 9.95. The number of nitrogens with two attached hydrogens (primary N) is 1. The summed E-state index contributed by atoms with van der Waals surface area (Å²) in [6, 6.07) is 7.97. The fourth-order valence-corrected chi connectivity index (χ4v) is 2.02. The number of fused-ring (bicyclic) bond motifs is 3. The maximum atomic E-state index is 11.8. The van der Waals surface area contributed by atoms with E-state index in [2.05, 4.69) is 0 Å². The maximum absolute atomic E-state index is 11.8. The number of allylic oxidation sites excluding steroid dienone is 4. The van der Waals surface area contributed by atoms with Gasteiger partial charge in [-0.25, -0.2) is 0 Å². The molecule has 0 radical (unpaired) electrons. The smallest absolute Gasteiger partial charge is 0.209 e. The Morgan fingerprint density at radius 3 is 2.67 bits per heavy atom. The third kappa shape index (κ3) is 1.02. The minimum absolute atomic E-state index is 0.0660. The van der Waals surface area contributed by atoms with Gasteiger partial charge in [-0.15, -0.1) is 0 Å². The number of hydrogen-bond acceptors (Lipinski definition) is 2. The van der Waals surface area contributed by atoms with Crippen LogP contribution in [0.3, 0.4) is 0 Å². The molecule has 1 aromatic carbocycles. The Morgan fingerprint density at radius 2 is 1.80 bits per heavy atom. The van der Waals surface area contributed by atoms with Gasteiger partial charge in [-0.2, -0.15) is 0 Å². The zero-order valence-corrected chi connectivity index (χ0v) is 8.03. The van der Waals surface area contributed by atoms with Crippen molar-refractivity contribution < 1.29 is 4.79 Å². The van der Waals surface area contributed by atoms with Gasteiger partial charge >= 0.3 is 0 Å². The monoisotopic (exact) mass is 195 g/mol. The van der Waals surface area contributed by atoms with Crippen LogP contribution in [0.25, 0.3) is 11.6 Å². The molecule has 0 fully saturated rings. The van der Waals surface area contributed by atoms with Crippen molar-refractivity contribution in [3.05, 3.63) is 58.8 Å². The second-order valence-corrected chi connectivity index (χ2v) is 3.68. The number of ketones is 1. The van der Waals surface area contributed by atoms with E-state index in [1.807, 2.05) is 36.4 Å². The number of rotatable bonds is 0. The van der Waals surface area contributed by atoms with E-state index in [1.54, 1.807) is 6.08 Å².